The van der Waals surface area contributed by atoms with E-state index in [1.165, 1.54) is 4.90 Å². The number of Topliss-reactive ketones (excluding diaryl/α,β-unsaturated/α-hetero) is 1. The average Bonchev–Trinajstić information content (AvgIpc) is 3.75. The van der Waals surface area contributed by atoms with Gasteiger partial charge < -0.3 is 49.4 Å². The second kappa shape index (κ2) is 24.3. The maximum absolute atomic E-state index is 15.3. The number of guanidine groups is 1. The van der Waals surface area contributed by atoms with Crippen LogP contribution in [0.15, 0.2) is 35.3 Å². The normalized spacial score (nSPS) is 20.5. The number of unbranched alkanes of at least 4 members (excludes halogenated alkanes) is 1. The maximum Gasteiger partial charge on any atom is 0.253 e. The molecule has 334 valence electrons. The molecule has 60 heavy (non-hydrogen) atoms. The highest BCUT2D eigenvalue weighted by Crippen LogP contribution is 2.34. The highest BCUT2D eigenvalue weighted by atomic mass is 16.2. The van der Waals surface area contributed by atoms with Crippen LogP contribution in [0.25, 0.3) is 0 Å². The summed E-state index contributed by atoms with van der Waals surface area (Å²) in [6.07, 6.45) is 12.4. The van der Waals surface area contributed by atoms with E-state index < -0.39 is 65.2 Å². The van der Waals surface area contributed by atoms with Crippen molar-refractivity contribution in [2.75, 3.05) is 19.6 Å². The second-order valence-electron chi connectivity index (χ2n) is 17.4. The molecule has 4 unspecified atom stereocenters. The molecule has 4 rings (SSSR count). The number of hydrogen-bond donors (Lipinski definition) is 7. The third kappa shape index (κ3) is 13.4. The third-order valence-electron chi connectivity index (χ3n) is 12.8. The second-order valence-corrected chi connectivity index (χ2v) is 17.4. The van der Waals surface area contributed by atoms with Gasteiger partial charge in [0.2, 0.25) is 17.7 Å². The Morgan fingerprint density at radius 3 is 2.02 bits per heavy atom. The van der Waals surface area contributed by atoms with E-state index in [0.717, 1.165) is 74.7 Å². The number of nitrogens with zero attached hydrogens (tertiary/aromatic N) is 3. The molecule has 16 nitrogen and oxygen atoms in total. The first-order valence-corrected chi connectivity index (χ1v) is 22.4. The summed E-state index contributed by atoms with van der Waals surface area (Å²) in [7, 11) is 0. The molecule has 1 aromatic carbocycles. The number of imide groups is 1. The zero-order valence-electron chi connectivity index (χ0n) is 35.5. The number of amides is 4. The highest BCUT2D eigenvalue weighted by molar-refractivity contribution is 6.15. The lowest BCUT2D eigenvalue weighted by molar-refractivity contribution is -0.165. The molecule has 2 aliphatic carbocycles. The molecule has 1 heterocycles. The topological polar surface area (TPSA) is 289 Å². The van der Waals surface area contributed by atoms with Crippen LogP contribution < -0.4 is 39.7 Å². The molecule has 2 saturated carbocycles. The number of rotatable bonds is 23. The number of aldehydes is 1. The van der Waals surface area contributed by atoms with Crippen molar-refractivity contribution in [2.24, 2.45) is 51.2 Å². The maximum atomic E-state index is 15.3. The van der Waals surface area contributed by atoms with Gasteiger partial charge in [-0.05, 0) is 88.2 Å². The van der Waals surface area contributed by atoms with E-state index in [0.29, 0.717) is 32.1 Å². The Labute approximate surface area is 355 Å². The van der Waals surface area contributed by atoms with Crippen LogP contribution in [0.1, 0.15) is 128 Å². The van der Waals surface area contributed by atoms with Gasteiger partial charge in [-0.1, -0.05) is 94.5 Å². The molecule has 1 aromatic rings. The van der Waals surface area contributed by atoms with E-state index in [4.69, 9.17) is 34.4 Å². The van der Waals surface area contributed by atoms with Crippen LogP contribution in [0.5, 0.6) is 0 Å². The van der Waals surface area contributed by atoms with Crippen molar-refractivity contribution in [3.05, 3.63) is 35.9 Å². The van der Waals surface area contributed by atoms with Gasteiger partial charge in [0, 0.05) is 13.1 Å². The Morgan fingerprint density at radius 2 is 1.43 bits per heavy atom. The highest BCUT2D eigenvalue weighted by Gasteiger charge is 2.54. The first-order chi connectivity index (χ1) is 28.8. The van der Waals surface area contributed by atoms with Gasteiger partial charge in [-0.2, -0.15) is 0 Å². The van der Waals surface area contributed by atoms with Crippen LogP contribution in [0, 0.1) is 11.8 Å². The summed E-state index contributed by atoms with van der Waals surface area (Å²) >= 11 is 0. The van der Waals surface area contributed by atoms with Gasteiger partial charge in [0.25, 0.3) is 5.91 Å². The summed E-state index contributed by atoms with van der Waals surface area (Å²) in [5.41, 5.74) is 35.2. The SMILES string of the molecule is NCCCCC(NC(=O)C(N)Cc1ccccc1)C(=O)N1CCCC1C(=O)N(C(=O)[C@H](N)CC1CCCCC1)C(C=O)(CCCN=C(N)N)C(=O)[C@@H](N)CC1CCCCC1. The smallest absolute Gasteiger partial charge is 0.253 e. The summed E-state index contributed by atoms with van der Waals surface area (Å²) < 4.78 is 0. The molecular weight excluding hydrogens is 765 g/mol. The molecule has 16 heteroatoms. The Balaban J connectivity index is 1.72. The fraction of sp³-hybridized carbons (Fsp3) is 0.705. The zero-order chi connectivity index (χ0) is 43.7. The van der Waals surface area contributed by atoms with Crippen LogP contribution in [0.4, 0.5) is 0 Å². The first-order valence-electron chi connectivity index (χ1n) is 22.4. The van der Waals surface area contributed by atoms with Crippen molar-refractivity contribution in [3.63, 3.8) is 0 Å². The molecule has 3 aliphatic rings. The van der Waals surface area contributed by atoms with Crippen molar-refractivity contribution >= 4 is 41.7 Å². The lowest BCUT2D eigenvalue weighted by Crippen LogP contribution is -2.69. The molecule has 0 radical (unpaired) electrons. The van der Waals surface area contributed by atoms with Gasteiger partial charge in [-0.3, -0.25) is 33.9 Å². The first kappa shape index (κ1) is 48.4. The van der Waals surface area contributed by atoms with Crippen molar-refractivity contribution < 1.29 is 28.8 Å². The van der Waals surface area contributed by atoms with Crippen LogP contribution in [0.2, 0.25) is 0 Å². The number of ketones is 1. The molecular formula is C44H72N10O6. The quantitative estimate of drug-likeness (QED) is 0.0273. The molecule has 4 amide bonds. The lowest BCUT2D eigenvalue weighted by Gasteiger charge is -2.42. The predicted octanol–water partition coefficient (Wildman–Crippen LogP) is 1.67. The predicted molar refractivity (Wildman–Crippen MR) is 232 cm³/mol. The van der Waals surface area contributed by atoms with Crippen molar-refractivity contribution in [1.82, 2.24) is 15.1 Å². The van der Waals surface area contributed by atoms with E-state index in [9.17, 15) is 24.0 Å². The minimum Gasteiger partial charge on any atom is -0.370 e. The van der Waals surface area contributed by atoms with Crippen LogP contribution in [-0.4, -0.2) is 107 Å². The molecule has 0 aromatic heterocycles. The number of nitrogens with one attached hydrogen (secondary N) is 1. The largest absolute Gasteiger partial charge is 0.370 e. The molecule has 3 fully saturated rings. The van der Waals surface area contributed by atoms with Gasteiger partial charge in [0.15, 0.2) is 23.6 Å². The summed E-state index contributed by atoms with van der Waals surface area (Å²) in [5, 5.41) is 2.84. The Hall–Kier alpha value is -4.25. The van der Waals surface area contributed by atoms with Crippen LogP contribution >= 0.6 is 0 Å². The van der Waals surface area contributed by atoms with E-state index in [2.05, 4.69) is 10.3 Å². The van der Waals surface area contributed by atoms with E-state index in [1.807, 2.05) is 30.3 Å². The van der Waals surface area contributed by atoms with Gasteiger partial charge in [-0.15, -0.1) is 0 Å². The van der Waals surface area contributed by atoms with Crippen molar-refractivity contribution in [3.8, 4) is 0 Å². The Morgan fingerprint density at radius 1 is 0.817 bits per heavy atom. The molecule has 0 bridgehead atoms. The number of nitrogens with two attached hydrogens (primary N) is 6. The molecule has 13 N–H and O–H groups in total. The molecule has 6 atom stereocenters. The fourth-order valence-electron chi connectivity index (χ4n) is 9.46. The van der Waals surface area contributed by atoms with Crippen LogP contribution in [-0.2, 0) is 35.2 Å². The number of hydrogen-bond acceptors (Lipinski definition) is 11. The van der Waals surface area contributed by atoms with Crippen molar-refractivity contribution in [2.45, 2.75) is 164 Å². The molecule has 1 aliphatic heterocycles. The summed E-state index contributed by atoms with van der Waals surface area (Å²) in [6.45, 7) is 0.524. The number of carbonyl (C=O) groups excluding carboxylic acids is 6. The van der Waals surface area contributed by atoms with Gasteiger partial charge >= 0.3 is 0 Å². The number of likely N-dealkylation sites (tertiary alicyclic amines) is 1. The minimum absolute atomic E-state index is 0.0119. The zero-order valence-corrected chi connectivity index (χ0v) is 35.5. The number of aliphatic imine (C=N–C) groups is 1. The number of benzene rings is 1. The fourth-order valence-corrected chi connectivity index (χ4v) is 9.46. The van der Waals surface area contributed by atoms with Crippen LogP contribution in [0.3, 0.4) is 0 Å². The van der Waals surface area contributed by atoms with E-state index in [1.54, 1.807) is 0 Å². The van der Waals surface area contributed by atoms with Gasteiger partial charge in [0.1, 0.15) is 12.1 Å². The molecule has 0 spiro atoms. The Kier molecular flexibility index (Phi) is 19.6. The van der Waals surface area contributed by atoms with Crippen molar-refractivity contribution in [1.29, 1.82) is 0 Å². The van der Waals surface area contributed by atoms with Gasteiger partial charge in [-0.25, -0.2) is 0 Å². The average molecular weight is 837 g/mol. The Bertz CT molecular complexity index is 1600. The summed E-state index contributed by atoms with van der Waals surface area (Å²) in [4.78, 5) is 93.1. The minimum atomic E-state index is -2.35. The monoisotopic (exact) mass is 837 g/mol. The third-order valence-corrected chi connectivity index (χ3v) is 12.8. The summed E-state index contributed by atoms with van der Waals surface area (Å²) in [6, 6.07) is 3.65. The van der Waals surface area contributed by atoms with Gasteiger partial charge in [0.05, 0.1) is 18.1 Å². The standard InChI is InChI=1S/C44H72N10O6/c45-23-11-10-20-36(52-39(57)34(47)27-31-16-6-2-7-17-31)41(59)53-25-12-21-37(53)42(60)54(40(58)35(48)28-32-18-8-3-9-19-32)44(29-55,22-13-24-51-43(49)50)38(56)33(46)26-30-14-4-1-5-15-30/h2,6-7,16-17,29-30,32-37H,1,3-5,8-15,18-28,45-48H2,(H,52,57)(H4,49,50,51)/t33-,34?,35+,36?,37?,44?/m0/s1. The summed E-state index contributed by atoms with van der Waals surface area (Å²) in [5.74, 6) is -3.49. The van der Waals surface area contributed by atoms with E-state index in [-0.39, 0.29) is 75.8 Å². The lowest BCUT2D eigenvalue weighted by atomic mass is 9.78. The molecule has 1 saturated heterocycles. The number of carbonyl (C=O) groups is 6. The van der Waals surface area contributed by atoms with E-state index >= 15 is 4.79 Å².